The Morgan fingerprint density at radius 2 is 2.00 bits per heavy atom. The molecule has 1 aliphatic heterocycles. The van der Waals surface area contributed by atoms with Gasteiger partial charge in [-0.05, 0) is 12.5 Å². The average molecular weight is 261 g/mol. The molecule has 6 heteroatoms. The van der Waals surface area contributed by atoms with Gasteiger partial charge in [0.2, 0.25) is 5.95 Å². The van der Waals surface area contributed by atoms with Crippen LogP contribution >= 0.6 is 0 Å². The van der Waals surface area contributed by atoms with Crippen molar-refractivity contribution in [1.82, 2.24) is 9.55 Å². The molecule has 0 saturated heterocycles. The van der Waals surface area contributed by atoms with Crippen molar-refractivity contribution in [2.24, 2.45) is 0 Å². The summed E-state index contributed by atoms with van der Waals surface area (Å²) in [6, 6.07) is 3.41. The van der Waals surface area contributed by atoms with E-state index in [9.17, 15) is 4.79 Å². The van der Waals surface area contributed by atoms with Crippen molar-refractivity contribution >= 4 is 16.9 Å². The van der Waals surface area contributed by atoms with E-state index in [1.165, 1.54) is 0 Å². The molecule has 0 amide bonds. The normalized spacial score (nSPS) is 13.8. The highest BCUT2D eigenvalue weighted by atomic mass is 16.5. The van der Waals surface area contributed by atoms with Crippen molar-refractivity contribution in [2.45, 2.75) is 13.0 Å². The van der Waals surface area contributed by atoms with Crippen molar-refractivity contribution in [3.63, 3.8) is 0 Å². The van der Waals surface area contributed by atoms with E-state index in [0.29, 0.717) is 34.9 Å². The van der Waals surface area contributed by atoms with E-state index in [1.54, 1.807) is 30.9 Å². The van der Waals surface area contributed by atoms with Crippen molar-refractivity contribution in [1.29, 1.82) is 0 Å². The third-order valence-corrected chi connectivity index (χ3v) is 3.30. The van der Waals surface area contributed by atoms with Crippen LogP contribution in [-0.2, 0) is 6.54 Å². The number of anilines is 1. The lowest BCUT2D eigenvalue weighted by Crippen LogP contribution is -2.30. The zero-order valence-corrected chi connectivity index (χ0v) is 10.9. The van der Waals surface area contributed by atoms with Crippen molar-refractivity contribution in [3.05, 3.63) is 22.5 Å². The largest absolute Gasteiger partial charge is 0.493 e. The van der Waals surface area contributed by atoms with Crippen LogP contribution in [0, 0.1) is 0 Å². The number of methoxy groups -OCH3 is 2. The molecular formula is C13H15N3O3. The van der Waals surface area contributed by atoms with Crippen LogP contribution in [0.2, 0.25) is 0 Å². The van der Waals surface area contributed by atoms with Gasteiger partial charge in [-0.25, -0.2) is 4.98 Å². The lowest BCUT2D eigenvalue weighted by Gasteiger charge is -2.19. The first-order valence-corrected chi connectivity index (χ1v) is 6.15. The predicted octanol–water partition coefficient (Wildman–Crippen LogP) is 1.23. The Morgan fingerprint density at radius 3 is 2.74 bits per heavy atom. The minimum Gasteiger partial charge on any atom is -0.493 e. The topological polar surface area (TPSA) is 65.4 Å². The maximum Gasteiger partial charge on any atom is 0.262 e. The molecule has 6 nitrogen and oxygen atoms in total. The summed E-state index contributed by atoms with van der Waals surface area (Å²) in [4.78, 5) is 16.9. The summed E-state index contributed by atoms with van der Waals surface area (Å²) in [5.41, 5.74) is 0.566. The maximum atomic E-state index is 12.4. The third-order valence-electron chi connectivity index (χ3n) is 3.30. The fraction of sp³-hybridized carbons (Fsp3) is 0.385. The van der Waals surface area contributed by atoms with Crippen LogP contribution in [0.4, 0.5) is 5.95 Å². The minimum absolute atomic E-state index is 0.0480. The van der Waals surface area contributed by atoms with Gasteiger partial charge in [0.05, 0.1) is 25.1 Å². The van der Waals surface area contributed by atoms with Gasteiger partial charge in [-0.1, -0.05) is 0 Å². The summed E-state index contributed by atoms with van der Waals surface area (Å²) in [6.45, 7) is 1.53. The Bertz CT molecular complexity index is 688. The third kappa shape index (κ3) is 1.80. The Hall–Kier alpha value is -2.24. The van der Waals surface area contributed by atoms with Crippen LogP contribution in [0.25, 0.3) is 10.9 Å². The van der Waals surface area contributed by atoms with E-state index >= 15 is 0 Å². The number of nitrogens with zero attached hydrogens (tertiary/aromatic N) is 2. The second kappa shape index (κ2) is 4.46. The molecule has 1 aromatic heterocycles. The summed E-state index contributed by atoms with van der Waals surface area (Å²) in [5, 5.41) is 3.69. The SMILES string of the molecule is COc1cc2nc3n(c(=O)c2cc1OC)CCCN3. The molecule has 0 fully saturated rings. The zero-order chi connectivity index (χ0) is 13.4. The Labute approximate surface area is 110 Å². The molecule has 1 aliphatic rings. The molecule has 3 rings (SSSR count). The highest BCUT2D eigenvalue weighted by Gasteiger charge is 2.16. The number of rotatable bonds is 2. The zero-order valence-electron chi connectivity index (χ0n) is 10.9. The summed E-state index contributed by atoms with van der Waals surface area (Å²) >= 11 is 0. The monoisotopic (exact) mass is 261 g/mol. The van der Waals surface area contributed by atoms with Gasteiger partial charge < -0.3 is 14.8 Å². The summed E-state index contributed by atoms with van der Waals surface area (Å²) in [7, 11) is 3.11. The van der Waals surface area contributed by atoms with Crippen molar-refractivity contribution < 1.29 is 9.47 Å². The molecule has 1 aromatic carbocycles. The van der Waals surface area contributed by atoms with Gasteiger partial charge in [0.15, 0.2) is 11.5 Å². The summed E-state index contributed by atoms with van der Waals surface area (Å²) in [6.07, 6.45) is 0.924. The minimum atomic E-state index is -0.0480. The molecule has 2 aromatic rings. The average Bonchev–Trinajstić information content (AvgIpc) is 2.46. The molecule has 100 valence electrons. The molecule has 0 bridgehead atoms. The van der Waals surface area contributed by atoms with E-state index in [2.05, 4.69) is 10.3 Å². The first-order chi connectivity index (χ1) is 9.24. The molecule has 0 saturated carbocycles. The number of benzene rings is 1. The first-order valence-electron chi connectivity index (χ1n) is 6.15. The number of fused-ring (bicyclic) bond motifs is 2. The fourth-order valence-electron chi connectivity index (χ4n) is 2.33. The predicted molar refractivity (Wildman–Crippen MR) is 72.2 cm³/mol. The van der Waals surface area contributed by atoms with E-state index in [1.807, 2.05) is 0 Å². The summed E-state index contributed by atoms with van der Waals surface area (Å²) in [5.74, 6) is 1.73. The number of nitrogens with one attached hydrogen (secondary N) is 1. The number of hydrogen-bond acceptors (Lipinski definition) is 5. The fourth-order valence-corrected chi connectivity index (χ4v) is 2.33. The van der Waals surface area contributed by atoms with Gasteiger partial charge in [-0.3, -0.25) is 9.36 Å². The molecule has 0 radical (unpaired) electrons. The first kappa shape index (κ1) is 11.8. The van der Waals surface area contributed by atoms with Crippen LogP contribution in [0.1, 0.15) is 6.42 Å². The van der Waals surface area contributed by atoms with Gasteiger partial charge in [-0.15, -0.1) is 0 Å². The van der Waals surface area contributed by atoms with Gasteiger partial charge >= 0.3 is 0 Å². The molecule has 0 aliphatic carbocycles. The number of ether oxygens (including phenoxy) is 2. The number of aromatic nitrogens is 2. The molecule has 1 N–H and O–H groups in total. The van der Waals surface area contributed by atoms with E-state index in [4.69, 9.17) is 9.47 Å². The molecule has 0 spiro atoms. The Kier molecular flexibility index (Phi) is 2.77. The highest BCUT2D eigenvalue weighted by Crippen LogP contribution is 2.30. The van der Waals surface area contributed by atoms with Gasteiger partial charge in [0.1, 0.15) is 0 Å². The number of hydrogen-bond donors (Lipinski definition) is 1. The maximum absolute atomic E-state index is 12.4. The second-order valence-corrected chi connectivity index (χ2v) is 4.40. The second-order valence-electron chi connectivity index (χ2n) is 4.40. The molecular weight excluding hydrogens is 246 g/mol. The standard InChI is InChI=1S/C13H15N3O3/c1-18-10-6-8-9(7-11(10)19-2)15-13-14-4-3-5-16(13)12(8)17/h6-7H,3-5H2,1-2H3,(H,14,15). The lowest BCUT2D eigenvalue weighted by atomic mass is 10.2. The van der Waals surface area contributed by atoms with Crippen LogP contribution in [0.15, 0.2) is 16.9 Å². The quantitative estimate of drug-likeness (QED) is 0.880. The summed E-state index contributed by atoms with van der Waals surface area (Å²) < 4.78 is 12.1. The molecule has 0 unspecified atom stereocenters. The lowest BCUT2D eigenvalue weighted by molar-refractivity contribution is 0.355. The van der Waals surface area contributed by atoms with E-state index in [0.717, 1.165) is 13.0 Å². The van der Waals surface area contributed by atoms with Gasteiger partial charge in [0.25, 0.3) is 5.56 Å². The van der Waals surface area contributed by atoms with E-state index < -0.39 is 0 Å². The highest BCUT2D eigenvalue weighted by molar-refractivity contribution is 5.83. The van der Waals surface area contributed by atoms with Gasteiger partial charge in [0, 0.05) is 19.2 Å². The Balaban J connectivity index is 2.33. The van der Waals surface area contributed by atoms with Gasteiger partial charge in [-0.2, -0.15) is 0 Å². The van der Waals surface area contributed by atoms with Crippen molar-refractivity contribution in [2.75, 3.05) is 26.1 Å². The molecule has 19 heavy (non-hydrogen) atoms. The molecule has 0 atom stereocenters. The molecule has 2 heterocycles. The van der Waals surface area contributed by atoms with Crippen LogP contribution in [0.5, 0.6) is 11.5 Å². The van der Waals surface area contributed by atoms with Crippen LogP contribution < -0.4 is 20.3 Å². The van der Waals surface area contributed by atoms with Crippen LogP contribution in [-0.4, -0.2) is 30.3 Å². The van der Waals surface area contributed by atoms with E-state index in [-0.39, 0.29) is 5.56 Å². The Morgan fingerprint density at radius 1 is 1.26 bits per heavy atom. The van der Waals surface area contributed by atoms with Crippen LogP contribution in [0.3, 0.4) is 0 Å². The smallest absolute Gasteiger partial charge is 0.262 e. The van der Waals surface area contributed by atoms with Crippen molar-refractivity contribution in [3.8, 4) is 11.5 Å².